The van der Waals surface area contributed by atoms with E-state index in [1.54, 1.807) is 23.6 Å². The lowest BCUT2D eigenvalue weighted by Gasteiger charge is -2.10. The van der Waals surface area contributed by atoms with E-state index in [1.807, 2.05) is 0 Å². The molecule has 102 valence electrons. The van der Waals surface area contributed by atoms with Crippen molar-refractivity contribution in [2.45, 2.75) is 11.5 Å². The zero-order valence-electron chi connectivity index (χ0n) is 9.43. The highest BCUT2D eigenvalue weighted by atomic mass is 79.9. The molecule has 1 aromatic heterocycles. The van der Waals surface area contributed by atoms with Crippen LogP contribution in [-0.2, 0) is 16.6 Å². The van der Waals surface area contributed by atoms with Gasteiger partial charge in [-0.2, -0.15) is 0 Å². The van der Waals surface area contributed by atoms with Crippen molar-refractivity contribution in [2.75, 3.05) is 4.72 Å². The summed E-state index contributed by atoms with van der Waals surface area (Å²) in [5, 5.41) is 10.8. The van der Waals surface area contributed by atoms with Crippen LogP contribution in [0, 0.1) is 0 Å². The lowest BCUT2D eigenvalue weighted by atomic mass is 10.3. The maximum Gasteiger partial charge on any atom is 0.263 e. The van der Waals surface area contributed by atoms with Crippen LogP contribution < -0.4 is 4.72 Å². The molecule has 0 aliphatic heterocycles. The van der Waals surface area contributed by atoms with Gasteiger partial charge in [0.05, 0.1) is 17.2 Å². The molecule has 0 unspecified atom stereocenters. The Kier molecular flexibility index (Phi) is 4.67. The molecule has 1 heterocycles. The Hall–Kier alpha value is -0.410. The molecule has 2 rings (SSSR count). The molecule has 2 N–H and O–H groups in total. The molecular weight excluding hydrogens is 418 g/mol. The molecule has 1 aromatic carbocycles. The highest BCUT2D eigenvalue weighted by molar-refractivity contribution is 9.11. The van der Waals surface area contributed by atoms with Crippen LogP contribution >= 0.6 is 43.2 Å². The van der Waals surface area contributed by atoms with Gasteiger partial charge in [-0.25, -0.2) is 8.42 Å². The Morgan fingerprint density at radius 3 is 2.63 bits per heavy atom. The van der Waals surface area contributed by atoms with Gasteiger partial charge in [-0.3, -0.25) is 4.72 Å². The molecule has 0 spiro atoms. The SMILES string of the molecule is O=S(=O)(Nc1ccc(Br)cc1Br)c1ccsc1CO. The monoisotopic (exact) mass is 425 g/mol. The zero-order chi connectivity index (χ0) is 14.0. The second kappa shape index (κ2) is 5.92. The summed E-state index contributed by atoms with van der Waals surface area (Å²) in [6, 6.07) is 6.61. The van der Waals surface area contributed by atoms with Gasteiger partial charge in [0.1, 0.15) is 4.90 Å². The van der Waals surface area contributed by atoms with Crippen molar-refractivity contribution in [3.05, 3.63) is 43.5 Å². The van der Waals surface area contributed by atoms with Crippen molar-refractivity contribution < 1.29 is 13.5 Å². The average molecular weight is 427 g/mol. The summed E-state index contributed by atoms with van der Waals surface area (Å²) in [6.45, 7) is -0.296. The molecule has 0 saturated carbocycles. The van der Waals surface area contributed by atoms with Crippen LogP contribution in [0.2, 0.25) is 0 Å². The van der Waals surface area contributed by atoms with Gasteiger partial charge >= 0.3 is 0 Å². The number of thiophene rings is 1. The van der Waals surface area contributed by atoms with E-state index < -0.39 is 10.0 Å². The number of sulfonamides is 1. The summed E-state index contributed by atoms with van der Waals surface area (Å²) < 4.78 is 28.4. The standard InChI is InChI=1S/C11H9Br2NO3S2/c12-7-1-2-9(8(13)5-7)14-19(16,17)11-3-4-18-10(11)6-15/h1-5,14-15H,6H2. The van der Waals surface area contributed by atoms with Gasteiger partial charge in [0.2, 0.25) is 0 Å². The minimum absolute atomic E-state index is 0.106. The van der Waals surface area contributed by atoms with Gasteiger partial charge in [-0.1, -0.05) is 15.9 Å². The molecular formula is C11H9Br2NO3S2. The Balaban J connectivity index is 2.37. The number of aliphatic hydroxyl groups is 1. The van der Waals surface area contributed by atoms with Crippen molar-refractivity contribution in [1.82, 2.24) is 0 Å². The molecule has 19 heavy (non-hydrogen) atoms. The van der Waals surface area contributed by atoms with E-state index in [2.05, 4.69) is 36.6 Å². The van der Waals surface area contributed by atoms with Crippen LogP contribution in [0.15, 0.2) is 43.5 Å². The minimum atomic E-state index is -3.69. The quantitative estimate of drug-likeness (QED) is 0.785. The Bertz CT molecular complexity index is 698. The summed E-state index contributed by atoms with van der Waals surface area (Å²) in [7, 11) is -3.69. The Morgan fingerprint density at radius 2 is 2.00 bits per heavy atom. The summed E-state index contributed by atoms with van der Waals surface area (Å²) in [6.07, 6.45) is 0. The van der Waals surface area contributed by atoms with Crippen molar-refractivity contribution in [2.24, 2.45) is 0 Å². The van der Waals surface area contributed by atoms with Gasteiger partial charge in [-0.05, 0) is 45.6 Å². The maximum absolute atomic E-state index is 12.2. The fourth-order valence-corrected chi connectivity index (χ4v) is 5.11. The van der Waals surface area contributed by atoms with Crippen molar-refractivity contribution in [1.29, 1.82) is 0 Å². The van der Waals surface area contributed by atoms with Gasteiger partial charge in [-0.15, -0.1) is 11.3 Å². The highest BCUT2D eigenvalue weighted by Crippen LogP contribution is 2.30. The van der Waals surface area contributed by atoms with Crippen LogP contribution in [-0.4, -0.2) is 13.5 Å². The first-order chi connectivity index (χ1) is 8.94. The second-order valence-electron chi connectivity index (χ2n) is 3.60. The molecule has 0 fully saturated rings. The molecule has 0 bridgehead atoms. The van der Waals surface area contributed by atoms with E-state index >= 15 is 0 Å². The zero-order valence-corrected chi connectivity index (χ0v) is 14.2. The lowest BCUT2D eigenvalue weighted by molar-refractivity contribution is 0.282. The largest absolute Gasteiger partial charge is 0.391 e. The molecule has 0 atom stereocenters. The topological polar surface area (TPSA) is 66.4 Å². The molecule has 0 radical (unpaired) electrons. The van der Waals surface area contributed by atoms with E-state index in [9.17, 15) is 8.42 Å². The third-order valence-corrected chi connectivity index (χ3v) is 5.95. The molecule has 4 nitrogen and oxygen atoms in total. The van der Waals surface area contributed by atoms with Gasteiger partial charge in [0.25, 0.3) is 10.0 Å². The number of nitrogens with one attached hydrogen (secondary N) is 1. The van der Waals surface area contributed by atoms with Crippen molar-refractivity contribution in [3.63, 3.8) is 0 Å². The van der Waals surface area contributed by atoms with Gasteiger partial charge < -0.3 is 5.11 Å². The molecule has 0 amide bonds. The fraction of sp³-hybridized carbons (Fsp3) is 0.0909. The summed E-state index contributed by atoms with van der Waals surface area (Å²) >= 11 is 7.80. The second-order valence-corrected chi connectivity index (χ2v) is 8.02. The number of aliphatic hydroxyl groups excluding tert-OH is 1. The summed E-state index contributed by atoms with van der Waals surface area (Å²) in [4.78, 5) is 0.524. The number of hydrogen-bond donors (Lipinski definition) is 2. The Morgan fingerprint density at radius 1 is 1.26 bits per heavy atom. The number of benzene rings is 1. The molecule has 8 heteroatoms. The first-order valence-electron chi connectivity index (χ1n) is 5.09. The number of rotatable bonds is 4. The van der Waals surface area contributed by atoms with Crippen molar-refractivity contribution in [3.8, 4) is 0 Å². The minimum Gasteiger partial charge on any atom is -0.391 e. The van der Waals surface area contributed by atoms with E-state index in [0.29, 0.717) is 15.0 Å². The smallest absolute Gasteiger partial charge is 0.263 e. The van der Waals surface area contributed by atoms with E-state index in [1.165, 1.54) is 17.4 Å². The van der Waals surface area contributed by atoms with Gasteiger partial charge in [0.15, 0.2) is 0 Å². The molecule has 0 aliphatic rings. The van der Waals surface area contributed by atoms with Gasteiger partial charge in [0, 0.05) is 8.95 Å². The fourth-order valence-electron chi connectivity index (χ4n) is 1.46. The van der Waals surface area contributed by atoms with Crippen molar-refractivity contribution >= 4 is 58.9 Å². The number of hydrogen-bond acceptors (Lipinski definition) is 4. The average Bonchev–Trinajstić information content (AvgIpc) is 2.82. The molecule has 0 aliphatic carbocycles. The van der Waals surface area contributed by atoms with E-state index in [-0.39, 0.29) is 11.5 Å². The van der Waals surface area contributed by atoms with Crippen LogP contribution in [0.25, 0.3) is 0 Å². The number of halogens is 2. The number of anilines is 1. The molecule has 2 aromatic rings. The lowest BCUT2D eigenvalue weighted by Crippen LogP contribution is -2.14. The van der Waals surface area contributed by atoms with Crippen LogP contribution in [0.3, 0.4) is 0 Å². The predicted molar refractivity (Wildman–Crippen MR) is 82.9 cm³/mol. The summed E-state index contributed by atoms with van der Waals surface area (Å²) in [5.41, 5.74) is 0.443. The summed E-state index contributed by atoms with van der Waals surface area (Å²) in [5.74, 6) is 0. The normalized spacial score (nSPS) is 11.5. The maximum atomic E-state index is 12.2. The first kappa shape index (κ1) is 15.0. The van der Waals surface area contributed by atoms with Crippen LogP contribution in [0.5, 0.6) is 0 Å². The molecule has 0 saturated heterocycles. The highest BCUT2D eigenvalue weighted by Gasteiger charge is 2.20. The first-order valence-corrected chi connectivity index (χ1v) is 9.04. The predicted octanol–water partition coefficient (Wildman–Crippen LogP) is 3.57. The van der Waals surface area contributed by atoms with E-state index in [0.717, 1.165) is 4.47 Å². The third kappa shape index (κ3) is 3.38. The third-order valence-electron chi connectivity index (χ3n) is 2.31. The van der Waals surface area contributed by atoms with Crippen LogP contribution in [0.1, 0.15) is 4.88 Å². The van der Waals surface area contributed by atoms with Crippen LogP contribution in [0.4, 0.5) is 5.69 Å². The Labute approximate surface area is 131 Å². The van der Waals surface area contributed by atoms with E-state index in [4.69, 9.17) is 5.11 Å².